The van der Waals surface area contributed by atoms with Gasteiger partial charge in [0, 0.05) is 0 Å². The van der Waals surface area contributed by atoms with Gasteiger partial charge in [-0.05, 0) is 0 Å². The van der Waals surface area contributed by atoms with E-state index in [0.717, 1.165) is 0 Å². The first kappa shape index (κ1) is 26.6. The van der Waals surface area contributed by atoms with E-state index in [9.17, 15) is 0 Å². The maximum Gasteiger partial charge on any atom is -0.147 e. The summed E-state index contributed by atoms with van der Waals surface area (Å²) >= 11 is -3.06. The molecular weight excluding hydrogens is 454 g/mol. The summed E-state index contributed by atoms with van der Waals surface area (Å²) in [6.45, 7) is 21.4. The molecule has 0 unspecified atom stereocenters. The van der Waals surface area contributed by atoms with Crippen LogP contribution in [-0.2, 0) is 17.4 Å². The quantitative estimate of drug-likeness (QED) is 0.349. The summed E-state index contributed by atoms with van der Waals surface area (Å²) in [6, 6.07) is 0. The summed E-state index contributed by atoms with van der Waals surface area (Å²) in [5.41, 5.74) is 6.96. The van der Waals surface area contributed by atoms with E-state index < -0.39 is 17.4 Å². The van der Waals surface area contributed by atoms with Gasteiger partial charge in [0.15, 0.2) is 0 Å². The van der Waals surface area contributed by atoms with Crippen molar-refractivity contribution in [2.75, 3.05) is 0 Å². The van der Waals surface area contributed by atoms with E-state index >= 15 is 0 Å². The van der Waals surface area contributed by atoms with Crippen molar-refractivity contribution in [3.63, 3.8) is 0 Å². The zero-order chi connectivity index (χ0) is 18.7. The summed E-state index contributed by atoms with van der Waals surface area (Å²) in [6.07, 6.45) is 7.45. The summed E-state index contributed by atoms with van der Waals surface area (Å²) in [7, 11) is 0. The minimum absolute atomic E-state index is 0. The molecule has 0 nitrogen and oxygen atoms in total. The average molecular weight is 495 g/mol. The van der Waals surface area contributed by atoms with Crippen LogP contribution in [0.15, 0.2) is 41.0 Å². The maximum absolute atomic E-state index is 3.06. The molecule has 0 aromatic carbocycles. The van der Waals surface area contributed by atoms with Gasteiger partial charge in [0.2, 0.25) is 0 Å². The van der Waals surface area contributed by atoms with Crippen molar-refractivity contribution >= 4 is 31.7 Å². The molecule has 0 atom stereocenters. The molecule has 2 aliphatic carbocycles. The Kier molecular flexibility index (Phi) is 8.00. The molecule has 0 N–H and O–H groups in total. The molecule has 0 saturated carbocycles. The fourth-order valence-electron chi connectivity index (χ4n) is 5.12. The molecule has 4 heteroatoms. The molecule has 0 bridgehead atoms. The minimum atomic E-state index is -3.06. The second kappa shape index (κ2) is 7.81. The van der Waals surface area contributed by atoms with Gasteiger partial charge in [0.1, 0.15) is 0 Å². The molecule has 0 aromatic rings. The third-order valence-electron chi connectivity index (χ3n) is 6.29. The molecule has 0 aromatic heterocycles. The van der Waals surface area contributed by atoms with Crippen molar-refractivity contribution in [1.29, 1.82) is 0 Å². The van der Waals surface area contributed by atoms with E-state index in [1.807, 2.05) is 6.56 Å². The molecular formula is C22H40Cl2SiZr. The SMILES string of the molecule is CC1=[C]([Zr]([CH3])([CH3])(=[SiH2])[C]2=C(C)C(C(C)(C)C)=CC2)CC=C1C(C)(C)C.Cl.Cl. The Morgan fingerprint density at radius 1 is 0.731 bits per heavy atom. The Bertz CT molecular complexity index is 712. The van der Waals surface area contributed by atoms with Crippen LogP contribution in [0.3, 0.4) is 0 Å². The van der Waals surface area contributed by atoms with Crippen molar-refractivity contribution in [2.24, 2.45) is 10.8 Å². The number of hydrogen-bond acceptors (Lipinski definition) is 0. The fraction of sp³-hybridized carbons (Fsp3) is 0.636. The normalized spacial score (nSPS) is 19.2. The summed E-state index contributed by atoms with van der Waals surface area (Å²) in [5.74, 6) is 0. The van der Waals surface area contributed by atoms with Crippen molar-refractivity contribution in [2.45, 2.75) is 77.5 Å². The Hall–Kier alpha value is 0.640. The van der Waals surface area contributed by atoms with Gasteiger partial charge in [-0.2, -0.15) is 0 Å². The number of hydrogen-bond donors (Lipinski definition) is 0. The van der Waals surface area contributed by atoms with Crippen molar-refractivity contribution < 1.29 is 17.4 Å². The predicted octanol–water partition coefficient (Wildman–Crippen LogP) is 7.46. The van der Waals surface area contributed by atoms with E-state index in [-0.39, 0.29) is 35.6 Å². The van der Waals surface area contributed by atoms with Gasteiger partial charge in [-0.25, -0.2) is 0 Å². The molecule has 150 valence electrons. The summed E-state index contributed by atoms with van der Waals surface area (Å²) in [5, 5.41) is 0. The number of rotatable bonds is 2. The molecule has 26 heavy (non-hydrogen) atoms. The molecule has 0 aliphatic heterocycles. The topological polar surface area (TPSA) is 0 Å². The van der Waals surface area contributed by atoms with Crippen LogP contribution in [0, 0.1) is 10.8 Å². The van der Waals surface area contributed by atoms with Crippen LogP contribution in [0.5, 0.6) is 0 Å². The molecule has 0 radical (unpaired) electrons. The van der Waals surface area contributed by atoms with Crippen molar-refractivity contribution in [3.8, 4) is 0 Å². The first-order valence-electron chi connectivity index (χ1n) is 9.45. The largest absolute Gasteiger partial charge is 0.147 e. The van der Waals surface area contributed by atoms with Crippen molar-refractivity contribution in [1.82, 2.24) is 0 Å². The molecule has 2 rings (SSSR count). The van der Waals surface area contributed by atoms with Gasteiger partial charge < -0.3 is 0 Å². The van der Waals surface area contributed by atoms with Crippen LogP contribution in [-0.4, -0.2) is 6.88 Å². The Morgan fingerprint density at radius 3 is 1.19 bits per heavy atom. The molecule has 0 heterocycles. The number of allylic oxidation sites excluding steroid dienone is 8. The monoisotopic (exact) mass is 492 g/mol. The summed E-state index contributed by atoms with van der Waals surface area (Å²) < 4.78 is 9.02. The Labute approximate surface area is 177 Å². The van der Waals surface area contributed by atoms with Crippen LogP contribution >= 0.6 is 24.8 Å². The second-order valence-electron chi connectivity index (χ2n) is 11.0. The third-order valence-corrected chi connectivity index (χ3v) is 23.7. The van der Waals surface area contributed by atoms with Gasteiger partial charge >= 0.3 is 154 Å². The molecule has 0 saturated heterocycles. The van der Waals surface area contributed by atoms with Gasteiger partial charge in [0.25, 0.3) is 0 Å². The Morgan fingerprint density at radius 2 is 1.00 bits per heavy atom. The van der Waals surface area contributed by atoms with Gasteiger partial charge in [-0.3, -0.25) is 0 Å². The molecule has 0 spiro atoms. The van der Waals surface area contributed by atoms with E-state index in [0.29, 0.717) is 0 Å². The first-order chi connectivity index (χ1) is 10.6. The molecule has 0 fully saturated rings. The number of halogens is 2. The molecule has 2 aliphatic rings. The van der Waals surface area contributed by atoms with Crippen molar-refractivity contribution in [3.05, 3.63) is 41.0 Å². The standard InChI is InChI=1S/2C10H15.2CH3.2ClH.H2Si.Zr/c2*1-8-6-5-7-9(8)10(2,3)4;;;;;;/h2*7H,5H2,1-4H3;2*1H3;2*1H;1H2;. The maximum atomic E-state index is 2.68. The van der Waals surface area contributed by atoms with E-state index in [2.05, 4.69) is 83.7 Å². The fourth-order valence-corrected chi connectivity index (χ4v) is 21.2. The van der Waals surface area contributed by atoms with Gasteiger partial charge in [-0.15, -0.1) is 24.8 Å². The van der Waals surface area contributed by atoms with Crippen LogP contribution < -0.4 is 0 Å². The van der Waals surface area contributed by atoms with Crippen LogP contribution in [0.25, 0.3) is 0 Å². The third kappa shape index (κ3) is 4.61. The average Bonchev–Trinajstić information content (AvgIpc) is 2.90. The van der Waals surface area contributed by atoms with Crippen LogP contribution in [0.1, 0.15) is 68.2 Å². The Balaban J connectivity index is 0.00000312. The van der Waals surface area contributed by atoms with Crippen LogP contribution in [0.2, 0.25) is 9.26 Å². The summed E-state index contributed by atoms with van der Waals surface area (Å²) in [4.78, 5) is 0. The predicted molar refractivity (Wildman–Crippen MR) is 124 cm³/mol. The van der Waals surface area contributed by atoms with Gasteiger partial charge in [0.05, 0.1) is 0 Å². The second-order valence-corrected chi connectivity index (χ2v) is 39.8. The van der Waals surface area contributed by atoms with E-state index in [4.69, 9.17) is 0 Å². The minimum Gasteiger partial charge on any atom is -0.147 e. The molecule has 0 amide bonds. The van der Waals surface area contributed by atoms with Gasteiger partial charge in [-0.1, -0.05) is 0 Å². The van der Waals surface area contributed by atoms with E-state index in [1.165, 1.54) is 12.8 Å². The van der Waals surface area contributed by atoms with Crippen LogP contribution in [0.4, 0.5) is 0 Å². The zero-order valence-corrected chi connectivity index (χ0v) is 24.1. The zero-order valence-electron chi connectivity index (χ0n) is 18.6. The van der Waals surface area contributed by atoms with E-state index in [1.54, 1.807) is 22.3 Å². The first-order valence-corrected chi connectivity index (χ1v) is 22.8. The smallest absolute Gasteiger partial charge is 0.147 e.